The summed E-state index contributed by atoms with van der Waals surface area (Å²) in [6.07, 6.45) is 3.48. The Balaban J connectivity index is 1.91. The molecule has 0 aliphatic heterocycles. The number of aryl methyl sites for hydroxylation is 5. The lowest BCUT2D eigenvalue weighted by molar-refractivity contribution is 0.379. The first-order valence-corrected chi connectivity index (χ1v) is 14.3. The summed E-state index contributed by atoms with van der Waals surface area (Å²) in [4.78, 5) is 0. The summed E-state index contributed by atoms with van der Waals surface area (Å²) in [6, 6.07) is 31.9. The van der Waals surface area contributed by atoms with E-state index in [1.165, 1.54) is 72.4 Å². The van der Waals surface area contributed by atoms with Crippen LogP contribution in [0.5, 0.6) is 0 Å². The molecule has 0 aromatic heterocycles. The lowest BCUT2D eigenvalue weighted by Crippen LogP contribution is -2.34. The summed E-state index contributed by atoms with van der Waals surface area (Å²) < 4.78 is 0. The van der Waals surface area contributed by atoms with Gasteiger partial charge in [0.25, 0.3) is 0 Å². The predicted molar refractivity (Wildman–Crippen MR) is 169 cm³/mol. The van der Waals surface area contributed by atoms with E-state index in [1.807, 2.05) is 0 Å². The lowest BCUT2D eigenvalue weighted by atomic mass is 9.56. The zero-order valence-corrected chi connectivity index (χ0v) is 24.9. The fourth-order valence-corrected chi connectivity index (χ4v) is 7.01. The van der Waals surface area contributed by atoms with E-state index < -0.39 is 0 Å². The summed E-state index contributed by atoms with van der Waals surface area (Å²) in [7, 11) is 0. The largest absolute Gasteiger partial charge is 0.0643 e. The van der Waals surface area contributed by atoms with Crippen molar-refractivity contribution in [2.75, 3.05) is 0 Å². The summed E-state index contributed by atoms with van der Waals surface area (Å²) in [6.45, 7) is 18.4. The van der Waals surface area contributed by atoms with Gasteiger partial charge in [-0.2, -0.15) is 0 Å². The molecule has 0 N–H and O–H groups in total. The normalized spacial score (nSPS) is 19.3. The first kappa shape index (κ1) is 26.9. The average molecular weight is 511 g/mol. The van der Waals surface area contributed by atoms with E-state index in [0.29, 0.717) is 0 Å². The van der Waals surface area contributed by atoms with Gasteiger partial charge >= 0.3 is 0 Å². The Morgan fingerprint density at radius 3 is 2.03 bits per heavy atom. The van der Waals surface area contributed by atoms with Gasteiger partial charge in [0.1, 0.15) is 0 Å². The molecule has 198 valence electrons. The van der Waals surface area contributed by atoms with Crippen molar-refractivity contribution in [1.82, 2.24) is 0 Å². The van der Waals surface area contributed by atoms with Gasteiger partial charge in [0.05, 0.1) is 0 Å². The number of hydrogen-bond donors (Lipinski definition) is 0. The molecule has 4 aromatic rings. The molecular weight excluding hydrogens is 468 g/mol. The van der Waals surface area contributed by atoms with Crippen LogP contribution < -0.4 is 0 Å². The van der Waals surface area contributed by atoms with Crippen molar-refractivity contribution >= 4 is 11.1 Å². The highest BCUT2D eigenvalue weighted by atomic mass is 14.5. The zero-order chi connectivity index (χ0) is 27.9. The first-order chi connectivity index (χ1) is 18.6. The highest BCUT2D eigenvalue weighted by Crippen LogP contribution is 2.58. The predicted octanol–water partition coefficient (Wildman–Crippen LogP) is 10.4. The van der Waals surface area contributed by atoms with Gasteiger partial charge in [-0.1, -0.05) is 115 Å². The van der Waals surface area contributed by atoms with Crippen LogP contribution in [0.15, 0.2) is 96.6 Å². The SMILES string of the molecule is CC1=CC(c2cccc(C)c2C)=C(c2ccc(C)cc2C)C(C)(Cc2ccccc2)C1c1cc(C)ccc1C. The van der Waals surface area contributed by atoms with Crippen LogP contribution in [-0.4, -0.2) is 0 Å². The molecule has 0 fully saturated rings. The Morgan fingerprint density at radius 1 is 0.615 bits per heavy atom. The Labute approximate surface area is 236 Å². The highest BCUT2D eigenvalue weighted by Gasteiger charge is 2.45. The van der Waals surface area contributed by atoms with Crippen LogP contribution in [0.1, 0.15) is 75.4 Å². The lowest BCUT2D eigenvalue weighted by Gasteiger charge is -2.46. The molecule has 1 aliphatic carbocycles. The third-order valence-electron chi connectivity index (χ3n) is 9.01. The van der Waals surface area contributed by atoms with Gasteiger partial charge < -0.3 is 0 Å². The molecule has 2 unspecified atom stereocenters. The molecule has 4 aromatic carbocycles. The Morgan fingerprint density at radius 2 is 1.31 bits per heavy atom. The minimum Gasteiger partial charge on any atom is -0.0643 e. The maximum atomic E-state index is 2.53. The van der Waals surface area contributed by atoms with Crippen LogP contribution in [0.4, 0.5) is 0 Å². The molecule has 0 saturated heterocycles. The first-order valence-electron chi connectivity index (χ1n) is 14.3. The smallest absolute Gasteiger partial charge is 0.0149 e. The van der Waals surface area contributed by atoms with Crippen molar-refractivity contribution in [2.45, 2.75) is 67.7 Å². The number of hydrogen-bond acceptors (Lipinski definition) is 0. The molecule has 0 spiro atoms. The molecule has 39 heavy (non-hydrogen) atoms. The van der Waals surface area contributed by atoms with Crippen LogP contribution in [0.3, 0.4) is 0 Å². The van der Waals surface area contributed by atoms with E-state index in [2.05, 4.69) is 146 Å². The van der Waals surface area contributed by atoms with Crippen molar-refractivity contribution in [2.24, 2.45) is 5.41 Å². The topological polar surface area (TPSA) is 0 Å². The standard InChI is InChI=1S/C39H42/c1-25-18-20-33(29(5)21-25)38-36(34-16-12-13-27(3)31(34)7)23-30(6)37(35-22-26(2)17-19-28(35)4)39(38,8)24-32-14-10-9-11-15-32/h9-23,37H,24H2,1-8H3. The fraction of sp³-hybridized carbons (Fsp3) is 0.282. The van der Waals surface area contributed by atoms with Crippen molar-refractivity contribution in [1.29, 1.82) is 0 Å². The van der Waals surface area contributed by atoms with Crippen LogP contribution in [-0.2, 0) is 6.42 Å². The quantitative estimate of drug-likeness (QED) is 0.250. The maximum absolute atomic E-state index is 2.53. The van der Waals surface area contributed by atoms with E-state index in [4.69, 9.17) is 0 Å². The van der Waals surface area contributed by atoms with E-state index in [0.717, 1.165) is 6.42 Å². The average Bonchev–Trinajstić information content (AvgIpc) is 2.89. The third-order valence-corrected chi connectivity index (χ3v) is 9.01. The van der Waals surface area contributed by atoms with Gasteiger partial charge in [0.15, 0.2) is 0 Å². The molecule has 0 amide bonds. The molecule has 0 bridgehead atoms. The van der Waals surface area contributed by atoms with Crippen LogP contribution in [0.25, 0.3) is 11.1 Å². The molecule has 0 heteroatoms. The zero-order valence-electron chi connectivity index (χ0n) is 24.9. The summed E-state index contributed by atoms with van der Waals surface area (Å²) in [5.74, 6) is 0.266. The van der Waals surface area contributed by atoms with Crippen molar-refractivity contribution in [3.05, 3.63) is 152 Å². The summed E-state index contributed by atoms with van der Waals surface area (Å²) in [5, 5.41) is 0. The Bertz CT molecular complexity index is 1590. The molecule has 0 heterocycles. The molecule has 5 rings (SSSR count). The van der Waals surface area contributed by atoms with E-state index >= 15 is 0 Å². The van der Waals surface area contributed by atoms with Crippen molar-refractivity contribution in [3.63, 3.8) is 0 Å². The van der Waals surface area contributed by atoms with Gasteiger partial charge in [0, 0.05) is 11.3 Å². The van der Waals surface area contributed by atoms with Gasteiger partial charge in [-0.05, 0) is 111 Å². The monoisotopic (exact) mass is 510 g/mol. The Kier molecular flexibility index (Phi) is 7.25. The minimum atomic E-state index is -0.162. The van der Waals surface area contributed by atoms with Crippen LogP contribution >= 0.6 is 0 Å². The summed E-state index contributed by atoms with van der Waals surface area (Å²) in [5.41, 5.74) is 17.7. The number of rotatable bonds is 5. The van der Waals surface area contributed by atoms with Crippen LogP contribution in [0, 0.1) is 47.0 Å². The van der Waals surface area contributed by atoms with E-state index in [1.54, 1.807) is 0 Å². The second-order valence-corrected chi connectivity index (χ2v) is 12.1. The van der Waals surface area contributed by atoms with Gasteiger partial charge in [-0.15, -0.1) is 0 Å². The van der Waals surface area contributed by atoms with Crippen molar-refractivity contribution < 1.29 is 0 Å². The highest BCUT2D eigenvalue weighted by molar-refractivity contribution is 6.01. The third kappa shape index (κ3) is 4.94. The van der Waals surface area contributed by atoms with Gasteiger partial charge in [-0.25, -0.2) is 0 Å². The van der Waals surface area contributed by atoms with Gasteiger partial charge in [-0.3, -0.25) is 0 Å². The van der Waals surface area contributed by atoms with Gasteiger partial charge in [0.2, 0.25) is 0 Å². The number of allylic oxidation sites excluding steroid dienone is 4. The second-order valence-electron chi connectivity index (χ2n) is 12.1. The molecule has 0 nitrogen and oxygen atoms in total. The summed E-state index contributed by atoms with van der Waals surface area (Å²) >= 11 is 0. The fourth-order valence-electron chi connectivity index (χ4n) is 7.01. The van der Waals surface area contributed by atoms with E-state index in [9.17, 15) is 0 Å². The molecule has 2 atom stereocenters. The second kappa shape index (κ2) is 10.5. The van der Waals surface area contributed by atoms with Crippen LogP contribution in [0.2, 0.25) is 0 Å². The van der Waals surface area contributed by atoms with E-state index in [-0.39, 0.29) is 11.3 Å². The minimum absolute atomic E-state index is 0.162. The number of benzene rings is 4. The maximum Gasteiger partial charge on any atom is 0.0149 e. The molecule has 0 radical (unpaired) electrons. The van der Waals surface area contributed by atoms with Crippen molar-refractivity contribution in [3.8, 4) is 0 Å². The molecular formula is C39H42. The Hall–Kier alpha value is -3.64. The molecule has 1 aliphatic rings. The molecule has 0 saturated carbocycles.